The standard InChI is InChI=1S/C19H13ClN4O3S/c1-10-6-17(22-18(25)11-2-4-12(20)5-3-11)24(23-10)19-21-13-7-14-15(27-9-26-14)8-16(13)28-19/h2-8H,9H2,1H3,(H,22,25). The fourth-order valence-electron chi connectivity index (χ4n) is 2.92. The van der Waals surface area contributed by atoms with Crippen LogP contribution in [-0.2, 0) is 0 Å². The molecule has 1 aliphatic rings. The highest BCUT2D eigenvalue weighted by atomic mass is 35.5. The van der Waals surface area contributed by atoms with Crippen LogP contribution in [0.1, 0.15) is 16.1 Å². The average molecular weight is 413 g/mol. The van der Waals surface area contributed by atoms with E-state index < -0.39 is 0 Å². The van der Waals surface area contributed by atoms with Crippen molar-refractivity contribution in [3.8, 4) is 16.6 Å². The van der Waals surface area contributed by atoms with Crippen LogP contribution in [0, 0.1) is 6.92 Å². The van der Waals surface area contributed by atoms with E-state index in [1.807, 2.05) is 19.1 Å². The van der Waals surface area contributed by atoms with Gasteiger partial charge in [0, 0.05) is 28.8 Å². The molecule has 140 valence electrons. The first-order chi connectivity index (χ1) is 13.6. The Kier molecular flexibility index (Phi) is 3.96. The van der Waals surface area contributed by atoms with E-state index in [1.54, 1.807) is 35.0 Å². The van der Waals surface area contributed by atoms with Crippen molar-refractivity contribution in [1.29, 1.82) is 0 Å². The van der Waals surface area contributed by atoms with Gasteiger partial charge in [0.2, 0.25) is 11.9 Å². The first-order valence-corrected chi connectivity index (χ1v) is 9.60. The molecule has 0 atom stereocenters. The molecule has 5 rings (SSSR count). The maximum Gasteiger partial charge on any atom is 0.256 e. The van der Waals surface area contributed by atoms with Crippen molar-refractivity contribution in [3.63, 3.8) is 0 Å². The SMILES string of the molecule is Cc1cc(NC(=O)c2ccc(Cl)cc2)n(-c2nc3cc4c(cc3s2)OCO4)n1. The van der Waals surface area contributed by atoms with Gasteiger partial charge >= 0.3 is 0 Å². The van der Waals surface area contributed by atoms with Gasteiger partial charge in [0.25, 0.3) is 5.91 Å². The molecule has 7 nitrogen and oxygen atoms in total. The molecule has 0 fully saturated rings. The van der Waals surface area contributed by atoms with Crippen LogP contribution in [0.3, 0.4) is 0 Å². The zero-order valence-electron chi connectivity index (χ0n) is 14.6. The number of halogens is 1. The smallest absolute Gasteiger partial charge is 0.256 e. The molecular weight excluding hydrogens is 400 g/mol. The van der Waals surface area contributed by atoms with E-state index in [1.165, 1.54) is 11.3 Å². The molecule has 4 aromatic rings. The molecular formula is C19H13ClN4O3S. The Morgan fingerprint density at radius 3 is 2.71 bits per heavy atom. The zero-order valence-corrected chi connectivity index (χ0v) is 16.2. The number of nitrogens with zero attached hydrogens (tertiary/aromatic N) is 3. The lowest BCUT2D eigenvalue weighted by atomic mass is 10.2. The summed E-state index contributed by atoms with van der Waals surface area (Å²) in [6.07, 6.45) is 0. The van der Waals surface area contributed by atoms with Gasteiger partial charge in [-0.1, -0.05) is 22.9 Å². The van der Waals surface area contributed by atoms with Crippen molar-refractivity contribution < 1.29 is 14.3 Å². The third kappa shape index (κ3) is 2.96. The number of carbonyl (C=O) groups is 1. The summed E-state index contributed by atoms with van der Waals surface area (Å²) in [5.41, 5.74) is 2.05. The van der Waals surface area contributed by atoms with Crippen LogP contribution in [0.25, 0.3) is 15.3 Å². The number of hydrogen-bond donors (Lipinski definition) is 1. The average Bonchev–Trinajstić information content (AvgIpc) is 3.37. The number of nitrogens with one attached hydrogen (secondary N) is 1. The molecule has 1 aliphatic heterocycles. The normalized spacial score (nSPS) is 12.5. The monoisotopic (exact) mass is 412 g/mol. The number of fused-ring (bicyclic) bond motifs is 2. The Morgan fingerprint density at radius 2 is 1.93 bits per heavy atom. The van der Waals surface area contributed by atoms with Crippen molar-refractivity contribution in [3.05, 3.63) is 58.7 Å². The van der Waals surface area contributed by atoms with Crippen molar-refractivity contribution in [1.82, 2.24) is 14.8 Å². The van der Waals surface area contributed by atoms with Gasteiger partial charge in [-0.15, -0.1) is 0 Å². The van der Waals surface area contributed by atoms with Crippen molar-refractivity contribution in [2.24, 2.45) is 0 Å². The van der Waals surface area contributed by atoms with Crippen LogP contribution in [0.5, 0.6) is 11.5 Å². The quantitative estimate of drug-likeness (QED) is 0.538. The van der Waals surface area contributed by atoms with Gasteiger partial charge in [0.1, 0.15) is 5.82 Å². The largest absolute Gasteiger partial charge is 0.454 e. The third-order valence-corrected chi connectivity index (χ3v) is 5.48. The van der Waals surface area contributed by atoms with Crippen LogP contribution in [0.4, 0.5) is 5.82 Å². The highest BCUT2D eigenvalue weighted by molar-refractivity contribution is 7.20. The third-order valence-electron chi connectivity index (χ3n) is 4.23. The lowest BCUT2D eigenvalue weighted by Crippen LogP contribution is -2.15. The first-order valence-electron chi connectivity index (χ1n) is 8.41. The molecule has 3 heterocycles. The number of anilines is 1. The number of ether oxygens (including phenoxy) is 2. The van der Waals surface area contributed by atoms with Crippen LogP contribution in [-0.4, -0.2) is 27.5 Å². The molecule has 2 aromatic heterocycles. The van der Waals surface area contributed by atoms with E-state index in [2.05, 4.69) is 15.4 Å². The van der Waals surface area contributed by atoms with E-state index in [4.69, 9.17) is 21.1 Å². The van der Waals surface area contributed by atoms with Crippen LogP contribution in [0.15, 0.2) is 42.5 Å². The van der Waals surface area contributed by atoms with E-state index in [0.29, 0.717) is 33.0 Å². The summed E-state index contributed by atoms with van der Waals surface area (Å²) < 4.78 is 13.4. The molecule has 0 saturated carbocycles. The maximum absolute atomic E-state index is 12.6. The minimum Gasteiger partial charge on any atom is -0.454 e. The second-order valence-corrected chi connectivity index (χ2v) is 7.66. The molecule has 0 bridgehead atoms. The number of rotatable bonds is 3. The fraction of sp³-hybridized carbons (Fsp3) is 0.105. The van der Waals surface area contributed by atoms with Gasteiger partial charge in [0.15, 0.2) is 11.5 Å². The molecule has 1 amide bonds. The second kappa shape index (κ2) is 6.50. The Bertz CT molecular complexity index is 1180. The number of thiazole rings is 1. The minimum atomic E-state index is -0.250. The van der Waals surface area contributed by atoms with Crippen LogP contribution < -0.4 is 14.8 Å². The summed E-state index contributed by atoms with van der Waals surface area (Å²) in [5, 5.41) is 8.59. The first kappa shape index (κ1) is 17.0. The van der Waals surface area contributed by atoms with E-state index in [-0.39, 0.29) is 12.7 Å². The Balaban J connectivity index is 1.50. The number of aromatic nitrogens is 3. The summed E-state index contributed by atoms with van der Waals surface area (Å²) in [7, 11) is 0. The van der Waals surface area contributed by atoms with Gasteiger partial charge in [0.05, 0.1) is 15.9 Å². The van der Waals surface area contributed by atoms with E-state index >= 15 is 0 Å². The maximum atomic E-state index is 12.6. The molecule has 0 unspecified atom stereocenters. The van der Waals surface area contributed by atoms with Crippen molar-refractivity contribution >= 4 is 44.9 Å². The second-order valence-electron chi connectivity index (χ2n) is 6.21. The number of amides is 1. The highest BCUT2D eigenvalue weighted by Crippen LogP contribution is 2.38. The molecule has 0 spiro atoms. The molecule has 2 aromatic carbocycles. The molecule has 0 saturated heterocycles. The highest BCUT2D eigenvalue weighted by Gasteiger charge is 2.19. The Labute approximate surface area is 168 Å². The summed E-state index contributed by atoms with van der Waals surface area (Å²) in [5.74, 6) is 1.67. The Hall–Kier alpha value is -3.10. The topological polar surface area (TPSA) is 78.3 Å². The molecule has 28 heavy (non-hydrogen) atoms. The van der Waals surface area contributed by atoms with Crippen molar-refractivity contribution in [2.45, 2.75) is 6.92 Å². The zero-order chi connectivity index (χ0) is 19.3. The van der Waals surface area contributed by atoms with Gasteiger partial charge in [-0.25, -0.2) is 4.98 Å². The lowest BCUT2D eigenvalue weighted by Gasteiger charge is -2.06. The molecule has 9 heteroatoms. The molecule has 0 radical (unpaired) electrons. The molecule has 1 N–H and O–H groups in total. The summed E-state index contributed by atoms with van der Waals surface area (Å²) in [6.45, 7) is 2.08. The fourth-order valence-corrected chi connectivity index (χ4v) is 3.99. The summed E-state index contributed by atoms with van der Waals surface area (Å²) >= 11 is 7.34. The predicted octanol–water partition coefficient (Wildman–Crippen LogP) is 4.42. The number of benzene rings is 2. The van der Waals surface area contributed by atoms with Crippen LogP contribution in [0.2, 0.25) is 5.02 Å². The molecule has 0 aliphatic carbocycles. The summed E-state index contributed by atoms with van der Waals surface area (Å²) in [6, 6.07) is 12.2. The van der Waals surface area contributed by atoms with Gasteiger partial charge in [-0.05, 0) is 31.2 Å². The lowest BCUT2D eigenvalue weighted by molar-refractivity contribution is 0.102. The number of carbonyl (C=O) groups excluding carboxylic acids is 1. The van der Waals surface area contributed by atoms with Gasteiger partial charge in [-0.3, -0.25) is 4.79 Å². The van der Waals surface area contributed by atoms with Gasteiger partial charge in [-0.2, -0.15) is 9.78 Å². The number of aryl methyl sites for hydroxylation is 1. The summed E-state index contributed by atoms with van der Waals surface area (Å²) in [4.78, 5) is 17.2. The Morgan fingerprint density at radius 1 is 1.18 bits per heavy atom. The van der Waals surface area contributed by atoms with Gasteiger partial charge < -0.3 is 14.8 Å². The predicted molar refractivity (Wildman–Crippen MR) is 107 cm³/mol. The van der Waals surface area contributed by atoms with E-state index in [0.717, 1.165) is 15.9 Å². The van der Waals surface area contributed by atoms with Crippen LogP contribution >= 0.6 is 22.9 Å². The van der Waals surface area contributed by atoms with Crippen molar-refractivity contribution in [2.75, 3.05) is 12.1 Å². The minimum absolute atomic E-state index is 0.221. The number of hydrogen-bond acceptors (Lipinski definition) is 6. The van der Waals surface area contributed by atoms with E-state index in [9.17, 15) is 4.79 Å².